The lowest BCUT2D eigenvalue weighted by Gasteiger charge is -2.40. The van der Waals surface area contributed by atoms with Gasteiger partial charge in [-0.1, -0.05) is 23.7 Å². The number of aromatic nitrogens is 4. The standard InChI is InChI=1S/C19H20ClN5O2/c20-14-4-1-2-5-15(14)27-13-8-19(26-9-13)6-3-7-25(10-19)18-16-17(22-11-21-16)23-12-24-18/h1-2,4-5,11-13H,3,6-10H2,(H,21,22,23,24)/t13-,19+/m1/s1. The van der Waals surface area contributed by atoms with Gasteiger partial charge in [0.15, 0.2) is 11.5 Å². The number of hydrogen-bond donors (Lipinski definition) is 1. The molecule has 0 aliphatic carbocycles. The summed E-state index contributed by atoms with van der Waals surface area (Å²) in [6, 6.07) is 7.57. The molecule has 2 aliphatic rings. The molecular formula is C19H20ClN5O2. The normalized spacial score (nSPS) is 25.4. The minimum atomic E-state index is -0.221. The van der Waals surface area contributed by atoms with E-state index < -0.39 is 0 Å². The van der Waals surface area contributed by atoms with E-state index in [0.29, 0.717) is 23.0 Å². The molecule has 3 aromatic rings. The Morgan fingerprint density at radius 2 is 2.19 bits per heavy atom. The number of fused-ring (bicyclic) bond motifs is 1. The Balaban J connectivity index is 1.34. The van der Waals surface area contributed by atoms with Crippen LogP contribution in [0.1, 0.15) is 19.3 Å². The average Bonchev–Trinajstić information content (AvgIpc) is 3.31. The van der Waals surface area contributed by atoms with Crippen LogP contribution in [0.25, 0.3) is 11.2 Å². The van der Waals surface area contributed by atoms with Crippen molar-refractivity contribution in [3.63, 3.8) is 0 Å². The fraction of sp³-hybridized carbons (Fsp3) is 0.421. The van der Waals surface area contributed by atoms with Crippen LogP contribution in [0.15, 0.2) is 36.9 Å². The third-order valence-corrected chi connectivity index (χ3v) is 5.66. The SMILES string of the molecule is Clc1ccccc1O[C@H]1CO[C@@]2(CCCN(c3ncnc4nc[nH]c34)C2)C1. The van der Waals surface area contributed by atoms with E-state index in [9.17, 15) is 0 Å². The minimum absolute atomic E-state index is 0.00224. The van der Waals surface area contributed by atoms with Crippen LogP contribution >= 0.6 is 11.6 Å². The van der Waals surface area contributed by atoms with Crippen molar-refractivity contribution in [1.82, 2.24) is 19.9 Å². The third-order valence-electron chi connectivity index (χ3n) is 5.35. The van der Waals surface area contributed by atoms with Gasteiger partial charge in [0.2, 0.25) is 0 Å². The second-order valence-electron chi connectivity index (χ2n) is 7.19. The van der Waals surface area contributed by atoms with Crippen molar-refractivity contribution in [3.05, 3.63) is 41.9 Å². The molecule has 4 heterocycles. The van der Waals surface area contributed by atoms with E-state index in [-0.39, 0.29) is 11.7 Å². The number of piperidine rings is 1. The Morgan fingerprint density at radius 3 is 3.11 bits per heavy atom. The highest BCUT2D eigenvalue weighted by Crippen LogP contribution is 2.38. The Hall–Kier alpha value is -2.38. The highest BCUT2D eigenvalue weighted by molar-refractivity contribution is 6.32. The summed E-state index contributed by atoms with van der Waals surface area (Å²) in [5.74, 6) is 1.60. The first-order valence-corrected chi connectivity index (χ1v) is 9.54. The largest absolute Gasteiger partial charge is 0.486 e. The van der Waals surface area contributed by atoms with Gasteiger partial charge in [0, 0.05) is 19.5 Å². The summed E-state index contributed by atoms with van der Waals surface area (Å²) in [4.78, 5) is 18.4. The summed E-state index contributed by atoms with van der Waals surface area (Å²) in [6.07, 6.45) is 6.12. The number of nitrogens with one attached hydrogen (secondary N) is 1. The number of rotatable bonds is 3. The molecule has 1 N–H and O–H groups in total. The number of imidazole rings is 1. The zero-order chi connectivity index (χ0) is 18.3. The molecule has 0 unspecified atom stereocenters. The lowest BCUT2D eigenvalue weighted by atomic mass is 9.89. The molecule has 2 aromatic heterocycles. The highest BCUT2D eigenvalue weighted by Gasteiger charge is 2.45. The van der Waals surface area contributed by atoms with Crippen molar-refractivity contribution >= 4 is 28.6 Å². The summed E-state index contributed by atoms with van der Waals surface area (Å²) in [5, 5.41) is 0.631. The fourth-order valence-corrected chi connectivity index (χ4v) is 4.33. The monoisotopic (exact) mass is 385 g/mol. The van der Waals surface area contributed by atoms with Gasteiger partial charge in [-0.05, 0) is 25.0 Å². The first kappa shape index (κ1) is 16.8. The maximum Gasteiger partial charge on any atom is 0.182 e. The number of para-hydroxylation sites is 1. The third kappa shape index (κ3) is 3.11. The van der Waals surface area contributed by atoms with Gasteiger partial charge in [-0.25, -0.2) is 15.0 Å². The van der Waals surface area contributed by atoms with Gasteiger partial charge in [-0.2, -0.15) is 0 Å². The van der Waals surface area contributed by atoms with Gasteiger partial charge in [-0.3, -0.25) is 0 Å². The van der Waals surface area contributed by atoms with Crippen LogP contribution in [0.3, 0.4) is 0 Å². The molecule has 0 bridgehead atoms. The molecule has 5 rings (SSSR count). The number of ether oxygens (including phenoxy) is 2. The zero-order valence-corrected chi connectivity index (χ0v) is 15.5. The van der Waals surface area contributed by atoms with Crippen molar-refractivity contribution in [3.8, 4) is 5.75 Å². The molecular weight excluding hydrogens is 366 g/mol. The van der Waals surface area contributed by atoms with E-state index in [4.69, 9.17) is 21.1 Å². The Labute approximate surface area is 161 Å². The molecule has 2 saturated heterocycles. The summed E-state index contributed by atoms with van der Waals surface area (Å²) in [5.41, 5.74) is 1.34. The summed E-state index contributed by atoms with van der Waals surface area (Å²) < 4.78 is 12.4. The Morgan fingerprint density at radius 1 is 1.26 bits per heavy atom. The molecule has 1 spiro atoms. The predicted octanol–water partition coefficient (Wildman–Crippen LogP) is 3.21. The van der Waals surface area contributed by atoms with Gasteiger partial charge >= 0.3 is 0 Å². The summed E-state index contributed by atoms with van der Waals surface area (Å²) in [7, 11) is 0. The molecule has 0 saturated carbocycles. The molecule has 2 atom stereocenters. The molecule has 7 nitrogen and oxygen atoms in total. The van der Waals surface area contributed by atoms with E-state index >= 15 is 0 Å². The van der Waals surface area contributed by atoms with E-state index in [0.717, 1.165) is 43.7 Å². The van der Waals surface area contributed by atoms with Crippen molar-refractivity contribution in [1.29, 1.82) is 0 Å². The van der Waals surface area contributed by atoms with Crippen LogP contribution in [-0.2, 0) is 4.74 Å². The second-order valence-corrected chi connectivity index (χ2v) is 7.60. The highest BCUT2D eigenvalue weighted by atomic mass is 35.5. The van der Waals surface area contributed by atoms with Crippen LogP contribution < -0.4 is 9.64 Å². The lowest BCUT2D eigenvalue weighted by Crippen LogP contribution is -2.48. The van der Waals surface area contributed by atoms with Crippen LogP contribution in [0.4, 0.5) is 5.82 Å². The molecule has 2 aliphatic heterocycles. The van der Waals surface area contributed by atoms with E-state index in [1.165, 1.54) is 0 Å². The van der Waals surface area contributed by atoms with Crippen molar-refractivity contribution in [2.75, 3.05) is 24.6 Å². The van der Waals surface area contributed by atoms with E-state index in [1.807, 2.05) is 24.3 Å². The molecule has 0 radical (unpaired) electrons. The maximum atomic E-state index is 6.27. The average molecular weight is 386 g/mol. The lowest BCUT2D eigenvalue weighted by molar-refractivity contribution is -0.00823. The molecule has 1 aromatic carbocycles. The summed E-state index contributed by atoms with van der Waals surface area (Å²) >= 11 is 6.23. The van der Waals surface area contributed by atoms with Gasteiger partial charge < -0.3 is 19.4 Å². The van der Waals surface area contributed by atoms with E-state index in [2.05, 4.69) is 24.8 Å². The van der Waals surface area contributed by atoms with Crippen molar-refractivity contribution in [2.45, 2.75) is 31.0 Å². The van der Waals surface area contributed by atoms with Gasteiger partial charge in [0.1, 0.15) is 23.7 Å². The number of H-pyrrole nitrogens is 1. The van der Waals surface area contributed by atoms with Crippen LogP contribution in [0, 0.1) is 0 Å². The molecule has 27 heavy (non-hydrogen) atoms. The number of nitrogens with zero attached hydrogens (tertiary/aromatic N) is 4. The predicted molar refractivity (Wildman–Crippen MR) is 102 cm³/mol. The molecule has 140 valence electrons. The van der Waals surface area contributed by atoms with Gasteiger partial charge in [-0.15, -0.1) is 0 Å². The minimum Gasteiger partial charge on any atom is -0.486 e. The molecule has 8 heteroatoms. The van der Waals surface area contributed by atoms with Gasteiger partial charge in [0.05, 0.1) is 23.6 Å². The number of hydrogen-bond acceptors (Lipinski definition) is 6. The summed E-state index contributed by atoms with van der Waals surface area (Å²) in [6.45, 7) is 2.29. The molecule has 0 amide bonds. The van der Waals surface area contributed by atoms with Crippen LogP contribution in [0.5, 0.6) is 5.75 Å². The Bertz CT molecular complexity index is 964. The van der Waals surface area contributed by atoms with Crippen molar-refractivity contribution in [2.24, 2.45) is 0 Å². The first-order chi connectivity index (χ1) is 13.2. The Kier molecular flexibility index (Phi) is 4.13. The number of benzene rings is 1. The number of halogens is 1. The second kappa shape index (κ2) is 6.65. The maximum absolute atomic E-state index is 6.27. The van der Waals surface area contributed by atoms with E-state index in [1.54, 1.807) is 12.7 Å². The van der Waals surface area contributed by atoms with Crippen LogP contribution in [-0.4, -0.2) is 51.3 Å². The zero-order valence-electron chi connectivity index (χ0n) is 14.8. The number of anilines is 1. The van der Waals surface area contributed by atoms with Gasteiger partial charge in [0.25, 0.3) is 0 Å². The fourth-order valence-electron chi connectivity index (χ4n) is 4.15. The first-order valence-electron chi connectivity index (χ1n) is 9.17. The quantitative estimate of drug-likeness (QED) is 0.746. The number of aromatic amines is 1. The molecule has 2 fully saturated rings. The van der Waals surface area contributed by atoms with Crippen molar-refractivity contribution < 1.29 is 9.47 Å². The van der Waals surface area contributed by atoms with Crippen LogP contribution in [0.2, 0.25) is 5.02 Å². The topological polar surface area (TPSA) is 76.2 Å². The smallest absolute Gasteiger partial charge is 0.182 e.